The van der Waals surface area contributed by atoms with E-state index in [0.717, 1.165) is 19.5 Å². The van der Waals surface area contributed by atoms with E-state index in [1.807, 2.05) is 0 Å². The Morgan fingerprint density at radius 1 is 1.56 bits per heavy atom. The van der Waals surface area contributed by atoms with E-state index in [9.17, 15) is 4.79 Å². The van der Waals surface area contributed by atoms with Crippen LogP contribution in [0.5, 0.6) is 0 Å². The zero-order chi connectivity index (χ0) is 12.8. The van der Waals surface area contributed by atoms with Gasteiger partial charge in [-0.3, -0.25) is 4.79 Å². The fourth-order valence-corrected chi connectivity index (χ4v) is 2.29. The van der Waals surface area contributed by atoms with Crippen LogP contribution in [0.4, 0.5) is 5.69 Å². The van der Waals surface area contributed by atoms with Crippen LogP contribution in [0.1, 0.15) is 25.7 Å². The fourth-order valence-electron chi connectivity index (χ4n) is 2.18. The summed E-state index contributed by atoms with van der Waals surface area (Å²) < 4.78 is 0. The molecule has 0 bridgehead atoms. The van der Waals surface area contributed by atoms with E-state index in [2.05, 4.69) is 15.6 Å². The number of rotatable bonds is 4. The van der Waals surface area contributed by atoms with Crippen molar-refractivity contribution in [3.8, 4) is 0 Å². The van der Waals surface area contributed by atoms with Crippen LogP contribution in [0.15, 0.2) is 18.3 Å². The van der Waals surface area contributed by atoms with Gasteiger partial charge in [-0.15, -0.1) is 0 Å². The summed E-state index contributed by atoms with van der Waals surface area (Å²) in [6, 6.07) is 3.43. The molecule has 1 saturated heterocycles. The third kappa shape index (κ3) is 4.27. The number of carbonyl (C=O) groups excluding carboxylic acids is 1. The van der Waals surface area contributed by atoms with Crippen LogP contribution in [0, 0.1) is 5.92 Å². The second-order valence-corrected chi connectivity index (χ2v) is 5.06. The van der Waals surface area contributed by atoms with Crippen molar-refractivity contribution < 1.29 is 4.79 Å². The number of nitrogens with zero attached hydrogens (tertiary/aromatic N) is 1. The lowest BCUT2D eigenvalue weighted by Gasteiger charge is -2.22. The number of nitrogens with one attached hydrogen (secondary N) is 2. The maximum absolute atomic E-state index is 11.7. The molecule has 5 heteroatoms. The highest BCUT2D eigenvalue weighted by atomic mass is 35.5. The molecular weight excluding hydrogens is 250 g/mol. The molecule has 18 heavy (non-hydrogen) atoms. The molecule has 1 fully saturated rings. The Bertz CT molecular complexity index is 388. The second kappa shape index (κ2) is 6.71. The van der Waals surface area contributed by atoms with Crippen LogP contribution in [0.2, 0.25) is 5.15 Å². The highest BCUT2D eigenvalue weighted by Gasteiger charge is 2.14. The molecule has 1 unspecified atom stereocenters. The molecule has 0 aliphatic carbocycles. The molecule has 1 aromatic heterocycles. The van der Waals surface area contributed by atoms with Crippen LogP contribution in [-0.2, 0) is 4.79 Å². The van der Waals surface area contributed by atoms with Gasteiger partial charge < -0.3 is 10.6 Å². The van der Waals surface area contributed by atoms with Gasteiger partial charge in [0.1, 0.15) is 5.15 Å². The Morgan fingerprint density at radius 2 is 2.44 bits per heavy atom. The van der Waals surface area contributed by atoms with E-state index in [4.69, 9.17) is 11.6 Å². The molecular formula is C13H18ClN3O. The molecule has 4 nitrogen and oxygen atoms in total. The lowest BCUT2D eigenvalue weighted by Crippen LogP contribution is -2.30. The quantitative estimate of drug-likeness (QED) is 0.824. The third-order valence-corrected chi connectivity index (χ3v) is 3.41. The van der Waals surface area contributed by atoms with Gasteiger partial charge in [0.05, 0.1) is 11.9 Å². The maximum Gasteiger partial charge on any atom is 0.224 e. The Kier molecular flexibility index (Phi) is 4.96. The molecule has 1 aliphatic rings. The molecule has 0 spiro atoms. The van der Waals surface area contributed by atoms with Crippen molar-refractivity contribution in [3.05, 3.63) is 23.5 Å². The zero-order valence-electron chi connectivity index (χ0n) is 10.3. The van der Waals surface area contributed by atoms with Gasteiger partial charge in [-0.25, -0.2) is 4.98 Å². The van der Waals surface area contributed by atoms with E-state index < -0.39 is 0 Å². The topological polar surface area (TPSA) is 54.0 Å². The number of carbonyl (C=O) groups is 1. The smallest absolute Gasteiger partial charge is 0.224 e. The predicted octanol–water partition coefficient (Wildman–Crippen LogP) is 2.45. The first kappa shape index (κ1) is 13.3. The minimum atomic E-state index is 0.0460. The number of pyridine rings is 1. The minimum absolute atomic E-state index is 0.0460. The van der Waals surface area contributed by atoms with Crippen molar-refractivity contribution in [2.24, 2.45) is 5.92 Å². The molecule has 98 valence electrons. The summed E-state index contributed by atoms with van der Waals surface area (Å²) in [5, 5.41) is 6.62. The van der Waals surface area contributed by atoms with Gasteiger partial charge in [0.25, 0.3) is 0 Å². The normalized spacial score (nSPS) is 19.5. The van der Waals surface area contributed by atoms with Gasteiger partial charge in [-0.05, 0) is 50.4 Å². The summed E-state index contributed by atoms with van der Waals surface area (Å²) in [6.45, 7) is 2.15. The average molecular weight is 268 g/mol. The van der Waals surface area contributed by atoms with E-state index >= 15 is 0 Å². The van der Waals surface area contributed by atoms with Crippen LogP contribution >= 0.6 is 11.6 Å². The SMILES string of the molecule is O=C(CCC1CCCNC1)Nc1ccc(Cl)nc1. The van der Waals surface area contributed by atoms with Crippen molar-refractivity contribution in [2.75, 3.05) is 18.4 Å². The molecule has 0 aromatic carbocycles. The average Bonchev–Trinajstić information content (AvgIpc) is 2.40. The molecule has 1 aromatic rings. The lowest BCUT2D eigenvalue weighted by atomic mass is 9.94. The number of anilines is 1. The number of hydrogen-bond donors (Lipinski definition) is 2. The van der Waals surface area contributed by atoms with E-state index in [0.29, 0.717) is 23.2 Å². The second-order valence-electron chi connectivity index (χ2n) is 4.67. The van der Waals surface area contributed by atoms with Crippen LogP contribution < -0.4 is 10.6 Å². The zero-order valence-corrected chi connectivity index (χ0v) is 11.0. The first-order valence-corrected chi connectivity index (χ1v) is 6.74. The molecule has 2 heterocycles. The number of halogens is 1. The maximum atomic E-state index is 11.7. The van der Waals surface area contributed by atoms with Crippen LogP contribution in [0.3, 0.4) is 0 Å². The summed E-state index contributed by atoms with van der Waals surface area (Å²) in [7, 11) is 0. The first-order chi connectivity index (χ1) is 8.74. The Balaban J connectivity index is 1.73. The Labute approximate surface area is 112 Å². The molecule has 1 amide bonds. The van der Waals surface area contributed by atoms with Crippen molar-refractivity contribution in [3.63, 3.8) is 0 Å². The summed E-state index contributed by atoms with van der Waals surface area (Å²) >= 11 is 5.68. The standard InChI is InChI=1S/C13H18ClN3O/c14-12-5-4-11(9-16-12)17-13(18)6-3-10-2-1-7-15-8-10/h4-5,9-10,15H,1-3,6-8H2,(H,17,18). The van der Waals surface area contributed by atoms with E-state index in [-0.39, 0.29) is 5.91 Å². The highest BCUT2D eigenvalue weighted by Crippen LogP contribution is 2.16. The van der Waals surface area contributed by atoms with Gasteiger partial charge in [-0.2, -0.15) is 0 Å². The van der Waals surface area contributed by atoms with E-state index in [1.54, 1.807) is 18.3 Å². The fraction of sp³-hybridized carbons (Fsp3) is 0.538. The first-order valence-electron chi connectivity index (χ1n) is 6.36. The Hall–Kier alpha value is -1.13. The van der Waals surface area contributed by atoms with Gasteiger partial charge in [0, 0.05) is 6.42 Å². The minimum Gasteiger partial charge on any atom is -0.325 e. The van der Waals surface area contributed by atoms with E-state index in [1.165, 1.54) is 12.8 Å². The lowest BCUT2D eigenvalue weighted by molar-refractivity contribution is -0.116. The Morgan fingerprint density at radius 3 is 3.11 bits per heavy atom. The third-order valence-electron chi connectivity index (χ3n) is 3.19. The number of hydrogen-bond acceptors (Lipinski definition) is 3. The van der Waals surface area contributed by atoms with Crippen molar-refractivity contribution in [2.45, 2.75) is 25.7 Å². The van der Waals surface area contributed by atoms with Crippen molar-refractivity contribution in [1.29, 1.82) is 0 Å². The van der Waals surface area contributed by atoms with Gasteiger partial charge in [0.15, 0.2) is 0 Å². The predicted molar refractivity (Wildman–Crippen MR) is 72.7 cm³/mol. The van der Waals surface area contributed by atoms with Gasteiger partial charge in [-0.1, -0.05) is 11.6 Å². The number of piperidine rings is 1. The summed E-state index contributed by atoms with van der Waals surface area (Å²) in [4.78, 5) is 15.7. The molecule has 0 radical (unpaired) electrons. The number of aromatic nitrogens is 1. The molecule has 2 rings (SSSR count). The van der Waals surface area contributed by atoms with Crippen LogP contribution in [0.25, 0.3) is 0 Å². The largest absolute Gasteiger partial charge is 0.325 e. The van der Waals surface area contributed by atoms with Crippen molar-refractivity contribution >= 4 is 23.2 Å². The van der Waals surface area contributed by atoms with Crippen molar-refractivity contribution in [1.82, 2.24) is 10.3 Å². The number of amides is 1. The van der Waals surface area contributed by atoms with Crippen LogP contribution in [-0.4, -0.2) is 24.0 Å². The summed E-state index contributed by atoms with van der Waals surface area (Å²) in [5.74, 6) is 0.678. The monoisotopic (exact) mass is 267 g/mol. The molecule has 1 atom stereocenters. The summed E-state index contributed by atoms with van der Waals surface area (Å²) in [6.07, 6.45) is 5.52. The molecule has 2 N–H and O–H groups in total. The highest BCUT2D eigenvalue weighted by molar-refractivity contribution is 6.29. The van der Waals surface area contributed by atoms with Gasteiger partial charge in [0.2, 0.25) is 5.91 Å². The van der Waals surface area contributed by atoms with Gasteiger partial charge >= 0.3 is 0 Å². The summed E-state index contributed by atoms with van der Waals surface area (Å²) in [5.41, 5.74) is 0.700. The molecule has 1 aliphatic heterocycles. The molecule has 0 saturated carbocycles.